The molecule has 0 radical (unpaired) electrons. The largest absolute Gasteiger partial charge is 0.382 e. The lowest BCUT2D eigenvalue weighted by Gasteiger charge is -2.03. The molecule has 1 heterocycles. The first-order valence-corrected chi connectivity index (χ1v) is 5.79. The fourth-order valence-electron chi connectivity index (χ4n) is 1.46. The third-order valence-corrected chi connectivity index (χ3v) is 2.24. The fraction of sp³-hybridized carbons (Fsp3) is 0.727. The van der Waals surface area contributed by atoms with Crippen LogP contribution < -0.4 is 0 Å². The molecular formula is C11H19N3O2. The Labute approximate surface area is 95.8 Å². The third-order valence-electron chi connectivity index (χ3n) is 2.24. The van der Waals surface area contributed by atoms with Crippen molar-refractivity contribution in [3.8, 4) is 0 Å². The number of hydrogen-bond acceptors (Lipinski definition) is 4. The Balaban J connectivity index is 2.42. The Morgan fingerprint density at radius 2 is 2.31 bits per heavy atom. The van der Waals surface area contributed by atoms with Gasteiger partial charge in [-0.2, -0.15) is 0 Å². The number of aromatic nitrogens is 3. The van der Waals surface area contributed by atoms with Crippen molar-refractivity contribution in [3.05, 3.63) is 11.9 Å². The van der Waals surface area contributed by atoms with Crippen LogP contribution in [0, 0.1) is 0 Å². The van der Waals surface area contributed by atoms with Gasteiger partial charge >= 0.3 is 0 Å². The molecule has 0 aromatic carbocycles. The van der Waals surface area contributed by atoms with E-state index in [-0.39, 0.29) is 5.78 Å². The molecule has 5 heteroatoms. The van der Waals surface area contributed by atoms with Gasteiger partial charge in [-0.3, -0.25) is 4.79 Å². The van der Waals surface area contributed by atoms with Gasteiger partial charge in [0.15, 0.2) is 5.78 Å². The molecule has 1 aromatic heterocycles. The molecule has 0 aliphatic heterocycles. The van der Waals surface area contributed by atoms with Crippen molar-refractivity contribution in [3.63, 3.8) is 0 Å². The molecule has 0 amide bonds. The summed E-state index contributed by atoms with van der Waals surface area (Å²) in [5, 5.41) is 7.65. The zero-order valence-electron chi connectivity index (χ0n) is 9.98. The maximum Gasteiger partial charge on any atom is 0.182 e. The zero-order chi connectivity index (χ0) is 11.8. The maximum absolute atomic E-state index is 11.8. The van der Waals surface area contributed by atoms with Gasteiger partial charge in [0.2, 0.25) is 0 Å². The summed E-state index contributed by atoms with van der Waals surface area (Å²) in [7, 11) is 0. The average Bonchev–Trinajstić information content (AvgIpc) is 2.73. The number of aryl methyl sites for hydroxylation is 1. The van der Waals surface area contributed by atoms with E-state index >= 15 is 0 Å². The highest BCUT2D eigenvalue weighted by atomic mass is 16.5. The Bertz CT molecular complexity index is 323. The quantitative estimate of drug-likeness (QED) is 0.499. The molecule has 0 bridgehead atoms. The van der Waals surface area contributed by atoms with Crippen LogP contribution in [-0.2, 0) is 11.3 Å². The molecule has 1 rings (SSSR count). The highest BCUT2D eigenvalue weighted by molar-refractivity contribution is 5.94. The Hall–Kier alpha value is -1.23. The third kappa shape index (κ3) is 3.73. The normalized spacial score (nSPS) is 10.6. The van der Waals surface area contributed by atoms with E-state index in [1.165, 1.54) is 0 Å². The second kappa shape index (κ2) is 7.11. The van der Waals surface area contributed by atoms with Crippen LogP contribution in [0.1, 0.15) is 43.6 Å². The van der Waals surface area contributed by atoms with Crippen LogP contribution in [0.2, 0.25) is 0 Å². The molecule has 0 aliphatic rings. The Kier molecular flexibility index (Phi) is 5.71. The van der Waals surface area contributed by atoms with E-state index in [4.69, 9.17) is 4.74 Å². The highest BCUT2D eigenvalue weighted by Gasteiger charge is 2.11. The van der Waals surface area contributed by atoms with Gasteiger partial charge in [0.25, 0.3) is 0 Å². The molecule has 0 fully saturated rings. The molecule has 0 atom stereocenters. The predicted octanol–water partition coefficient (Wildman–Crippen LogP) is 1.69. The smallest absolute Gasteiger partial charge is 0.182 e. The minimum absolute atomic E-state index is 0.0955. The number of carbonyl (C=O) groups is 1. The van der Waals surface area contributed by atoms with Crippen LogP contribution in [-0.4, -0.2) is 34.0 Å². The molecule has 0 unspecified atom stereocenters. The summed E-state index contributed by atoms with van der Waals surface area (Å²) in [6.07, 6.45) is 3.74. The number of nitrogens with zero attached hydrogens (tertiary/aromatic N) is 3. The number of ketones is 1. The Morgan fingerprint density at radius 1 is 1.50 bits per heavy atom. The molecule has 0 N–H and O–H groups in total. The van der Waals surface area contributed by atoms with Crippen LogP contribution >= 0.6 is 0 Å². The molecule has 0 saturated carbocycles. The molecule has 0 aliphatic carbocycles. The van der Waals surface area contributed by atoms with Crippen molar-refractivity contribution >= 4 is 5.78 Å². The van der Waals surface area contributed by atoms with E-state index in [2.05, 4.69) is 10.3 Å². The first kappa shape index (κ1) is 12.8. The van der Waals surface area contributed by atoms with Gasteiger partial charge in [-0.25, -0.2) is 4.68 Å². The summed E-state index contributed by atoms with van der Waals surface area (Å²) in [5.41, 5.74) is 0.610. The minimum atomic E-state index is 0.0955. The first-order valence-electron chi connectivity index (χ1n) is 5.79. The van der Waals surface area contributed by atoms with Crippen LogP contribution in [0.25, 0.3) is 0 Å². The van der Waals surface area contributed by atoms with Gasteiger partial charge < -0.3 is 4.74 Å². The highest BCUT2D eigenvalue weighted by Crippen LogP contribution is 2.04. The van der Waals surface area contributed by atoms with Gasteiger partial charge in [0.1, 0.15) is 5.69 Å². The van der Waals surface area contributed by atoms with Gasteiger partial charge in [-0.05, 0) is 19.8 Å². The van der Waals surface area contributed by atoms with Crippen molar-refractivity contribution in [1.29, 1.82) is 0 Å². The maximum atomic E-state index is 11.8. The van der Waals surface area contributed by atoms with Gasteiger partial charge in [-0.15, -0.1) is 5.10 Å². The average molecular weight is 225 g/mol. The SMILES string of the molecule is CCCn1nncc1C(=O)CCCOCC. The second-order valence-corrected chi connectivity index (χ2v) is 3.57. The van der Waals surface area contributed by atoms with Crippen molar-refractivity contribution in [2.75, 3.05) is 13.2 Å². The summed E-state index contributed by atoms with van der Waals surface area (Å²) in [6.45, 7) is 6.07. The fourth-order valence-corrected chi connectivity index (χ4v) is 1.46. The number of Topliss-reactive ketones (excluding diaryl/α,β-unsaturated/α-hetero) is 1. The standard InChI is InChI=1S/C11H19N3O2/c1-3-7-14-10(9-12-13-14)11(15)6-5-8-16-4-2/h9H,3-8H2,1-2H3. The topological polar surface area (TPSA) is 57.0 Å². The summed E-state index contributed by atoms with van der Waals surface area (Å²) < 4.78 is 6.86. The van der Waals surface area contributed by atoms with Crippen LogP contribution in [0.4, 0.5) is 0 Å². The summed E-state index contributed by atoms with van der Waals surface area (Å²) in [4.78, 5) is 11.8. The number of hydrogen-bond donors (Lipinski definition) is 0. The molecule has 5 nitrogen and oxygen atoms in total. The molecular weight excluding hydrogens is 206 g/mol. The first-order chi connectivity index (χ1) is 7.79. The van der Waals surface area contributed by atoms with Crippen LogP contribution in [0.3, 0.4) is 0 Å². The van der Waals surface area contributed by atoms with Gasteiger partial charge in [-0.1, -0.05) is 12.1 Å². The Morgan fingerprint density at radius 3 is 3.00 bits per heavy atom. The van der Waals surface area contributed by atoms with E-state index in [0.29, 0.717) is 25.3 Å². The molecule has 0 spiro atoms. The van der Waals surface area contributed by atoms with E-state index in [9.17, 15) is 4.79 Å². The predicted molar refractivity (Wildman–Crippen MR) is 60.4 cm³/mol. The number of rotatable bonds is 8. The lowest BCUT2D eigenvalue weighted by molar-refractivity contribution is 0.0936. The van der Waals surface area contributed by atoms with E-state index < -0.39 is 0 Å². The van der Waals surface area contributed by atoms with Crippen molar-refractivity contribution < 1.29 is 9.53 Å². The van der Waals surface area contributed by atoms with Crippen LogP contribution in [0.15, 0.2) is 6.20 Å². The summed E-state index contributed by atoms with van der Waals surface area (Å²) in [6, 6.07) is 0. The molecule has 0 saturated heterocycles. The van der Waals surface area contributed by atoms with Crippen molar-refractivity contribution in [2.45, 2.75) is 39.7 Å². The van der Waals surface area contributed by atoms with E-state index in [1.807, 2.05) is 13.8 Å². The lowest BCUT2D eigenvalue weighted by Crippen LogP contribution is -2.11. The number of carbonyl (C=O) groups excluding carboxylic acids is 1. The van der Waals surface area contributed by atoms with Crippen molar-refractivity contribution in [1.82, 2.24) is 15.0 Å². The monoisotopic (exact) mass is 225 g/mol. The molecule has 90 valence electrons. The van der Waals surface area contributed by atoms with Crippen LogP contribution in [0.5, 0.6) is 0 Å². The lowest BCUT2D eigenvalue weighted by atomic mass is 10.2. The summed E-state index contributed by atoms with van der Waals surface area (Å²) >= 11 is 0. The minimum Gasteiger partial charge on any atom is -0.382 e. The second-order valence-electron chi connectivity index (χ2n) is 3.57. The number of ether oxygens (including phenoxy) is 1. The van der Waals surface area contributed by atoms with Gasteiger partial charge in [0, 0.05) is 26.2 Å². The molecule has 16 heavy (non-hydrogen) atoms. The zero-order valence-corrected chi connectivity index (χ0v) is 9.98. The van der Waals surface area contributed by atoms with E-state index in [0.717, 1.165) is 19.4 Å². The van der Waals surface area contributed by atoms with Gasteiger partial charge in [0.05, 0.1) is 6.20 Å². The van der Waals surface area contributed by atoms with Crippen molar-refractivity contribution in [2.24, 2.45) is 0 Å². The molecule has 1 aromatic rings. The summed E-state index contributed by atoms with van der Waals surface area (Å²) in [5.74, 6) is 0.0955. The van der Waals surface area contributed by atoms with E-state index in [1.54, 1.807) is 10.9 Å².